The minimum absolute atomic E-state index is 0.237. The van der Waals surface area contributed by atoms with Gasteiger partial charge in [0.2, 0.25) is 0 Å². The standard InChI is InChI=1S/C15H9ClN2O2S/c1-18-14(20)10(6-17)13(19)12-11(7-21-15(12)18)8-2-4-9(16)5-3-8/h2-5,7,19H,1H3. The first kappa shape index (κ1) is 13.7. The van der Waals surface area contributed by atoms with Crippen LogP contribution in [0.25, 0.3) is 21.3 Å². The highest BCUT2D eigenvalue weighted by molar-refractivity contribution is 7.17. The van der Waals surface area contributed by atoms with Crippen molar-refractivity contribution in [1.82, 2.24) is 4.57 Å². The van der Waals surface area contributed by atoms with Gasteiger partial charge in [-0.25, -0.2) is 0 Å². The van der Waals surface area contributed by atoms with Crippen LogP contribution in [0.3, 0.4) is 0 Å². The number of fused-ring (bicyclic) bond motifs is 1. The molecule has 1 aromatic carbocycles. The maximum atomic E-state index is 12.0. The molecule has 0 atom stereocenters. The van der Waals surface area contributed by atoms with Gasteiger partial charge in [0, 0.05) is 23.0 Å². The predicted octanol–water partition coefficient (Wildman–Crippen LogP) is 3.50. The van der Waals surface area contributed by atoms with Crippen LogP contribution in [0.2, 0.25) is 5.02 Å². The van der Waals surface area contributed by atoms with Gasteiger partial charge < -0.3 is 9.67 Å². The van der Waals surface area contributed by atoms with Crippen LogP contribution in [0.15, 0.2) is 34.4 Å². The zero-order chi connectivity index (χ0) is 15.1. The maximum Gasteiger partial charge on any atom is 0.273 e. The molecule has 3 aromatic rings. The SMILES string of the molecule is Cn1c(=O)c(C#N)c(O)c2c(-c3ccc(Cl)cc3)csc21. The Bertz CT molecular complexity index is 949. The maximum absolute atomic E-state index is 12.0. The first-order chi connectivity index (χ1) is 10.0. The fraction of sp³-hybridized carbons (Fsp3) is 0.0667. The van der Waals surface area contributed by atoms with E-state index in [1.54, 1.807) is 25.2 Å². The average molecular weight is 317 g/mol. The largest absolute Gasteiger partial charge is 0.506 e. The van der Waals surface area contributed by atoms with Gasteiger partial charge in [0.25, 0.3) is 5.56 Å². The summed E-state index contributed by atoms with van der Waals surface area (Å²) >= 11 is 7.23. The molecule has 0 fully saturated rings. The lowest BCUT2D eigenvalue weighted by Gasteiger charge is -2.06. The van der Waals surface area contributed by atoms with E-state index in [0.29, 0.717) is 15.2 Å². The Labute approximate surface area is 129 Å². The van der Waals surface area contributed by atoms with Gasteiger partial charge in [-0.05, 0) is 17.7 Å². The third-order valence-electron chi connectivity index (χ3n) is 3.34. The molecule has 0 unspecified atom stereocenters. The van der Waals surface area contributed by atoms with Crippen molar-refractivity contribution in [1.29, 1.82) is 5.26 Å². The number of benzene rings is 1. The van der Waals surface area contributed by atoms with Crippen molar-refractivity contribution in [3.8, 4) is 22.9 Å². The van der Waals surface area contributed by atoms with Gasteiger partial charge in [-0.2, -0.15) is 5.26 Å². The molecule has 4 nitrogen and oxygen atoms in total. The molecule has 0 spiro atoms. The van der Waals surface area contributed by atoms with Crippen LogP contribution >= 0.6 is 22.9 Å². The van der Waals surface area contributed by atoms with E-state index in [2.05, 4.69) is 0 Å². The van der Waals surface area contributed by atoms with Gasteiger partial charge in [0.05, 0.1) is 5.39 Å². The van der Waals surface area contributed by atoms with E-state index < -0.39 is 5.56 Å². The normalized spacial score (nSPS) is 10.7. The Kier molecular flexibility index (Phi) is 3.20. The molecule has 0 aliphatic carbocycles. The van der Waals surface area contributed by atoms with Gasteiger partial charge in [0.15, 0.2) is 5.56 Å². The zero-order valence-electron chi connectivity index (χ0n) is 10.9. The summed E-state index contributed by atoms with van der Waals surface area (Å²) in [6, 6.07) is 8.95. The third kappa shape index (κ3) is 2.00. The first-order valence-electron chi connectivity index (χ1n) is 6.03. The topological polar surface area (TPSA) is 66.0 Å². The average Bonchev–Trinajstić information content (AvgIpc) is 2.91. The number of aryl methyl sites for hydroxylation is 1. The number of hydrogen-bond donors (Lipinski definition) is 1. The van der Waals surface area contributed by atoms with Crippen molar-refractivity contribution in [3.63, 3.8) is 0 Å². The molecule has 0 aliphatic heterocycles. The molecular formula is C15H9ClN2O2S. The molecule has 0 bridgehead atoms. The number of nitriles is 1. The number of halogens is 1. The van der Waals surface area contributed by atoms with Crippen molar-refractivity contribution in [2.45, 2.75) is 0 Å². The number of rotatable bonds is 1. The quantitative estimate of drug-likeness (QED) is 0.747. The van der Waals surface area contributed by atoms with E-state index in [1.807, 2.05) is 17.5 Å². The lowest BCUT2D eigenvalue weighted by Crippen LogP contribution is -2.19. The zero-order valence-corrected chi connectivity index (χ0v) is 12.5. The molecule has 3 rings (SSSR count). The molecule has 0 radical (unpaired) electrons. The number of pyridine rings is 1. The summed E-state index contributed by atoms with van der Waals surface area (Å²) in [6.07, 6.45) is 0. The van der Waals surface area contributed by atoms with Gasteiger partial charge in [-0.3, -0.25) is 4.79 Å². The predicted molar refractivity (Wildman–Crippen MR) is 83.9 cm³/mol. The van der Waals surface area contributed by atoms with E-state index in [0.717, 1.165) is 11.1 Å². The second-order valence-electron chi connectivity index (χ2n) is 4.54. The summed E-state index contributed by atoms with van der Waals surface area (Å²) < 4.78 is 1.39. The number of thiophene rings is 1. The highest BCUT2D eigenvalue weighted by atomic mass is 35.5. The summed E-state index contributed by atoms with van der Waals surface area (Å²) in [5.74, 6) is -0.262. The van der Waals surface area contributed by atoms with Crippen LogP contribution in [0.1, 0.15) is 5.56 Å². The van der Waals surface area contributed by atoms with Gasteiger partial charge in [-0.1, -0.05) is 23.7 Å². The molecule has 0 saturated carbocycles. The fourth-order valence-corrected chi connectivity index (χ4v) is 3.43. The highest BCUT2D eigenvalue weighted by Crippen LogP contribution is 2.39. The molecule has 2 heterocycles. The van der Waals surface area contributed by atoms with Crippen LogP contribution in [-0.2, 0) is 7.05 Å². The molecule has 0 saturated heterocycles. The molecule has 0 aliphatic rings. The molecular weight excluding hydrogens is 308 g/mol. The number of hydrogen-bond acceptors (Lipinski definition) is 4. The van der Waals surface area contributed by atoms with E-state index in [1.165, 1.54) is 15.9 Å². The number of aromatic hydroxyl groups is 1. The van der Waals surface area contributed by atoms with Crippen LogP contribution in [0.5, 0.6) is 5.75 Å². The van der Waals surface area contributed by atoms with Crippen molar-refractivity contribution in [2.75, 3.05) is 0 Å². The summed E-state index contributed by atoms with van der Waals surface area (Å²) in [6.45, 7) is 0. The van der Waals surface area contributed by atoms with E-state index in [4.69, 9.17) is 16.9 Å². The van der Waals surface area contributed by atoms with Gasteiger partial charge in [0.1, 0.15) is 16.6 Å². The number of aromatic nitrogens is 1. The minimum atomic E-state index is -0.494. The van der Waals surface area contributed by atoms with Crippen LogP contribution < -0.4 is 5.56 Å². The van der Waals surface area contributed by atoms with Crippen molar-refractivity contribution >= 4 is 33.2 Å². The monoisotopic (exact) mass is 316 g/mol. The molecule has 21 heavy (non-hydrogen) atoms. The Balaban J connectivity index is 2.42. The third-order valence-corrected chi connectivity index (χ3v) is 4.64. The van der Waals surface area contributed by atoms with E-state index in [-0.39, 0.29) is 11.3 Å². The Morgan fingerprint density at radius 1 is 1.33 bits per heavy atom. The van der Waals surface area contributed by atoms with Crippen LogP contribution in [0, 0.1) is 11.3 Å². The molecule has 6 heteroatoms. The molecule has 0 amide bonds. The van der Waals surface area contributed by atoms with E-state index in [9.17, 15) is 9.90 Å². The fourth-order valence-electron chi connectivity index (χ4n) is 2.25. The van der Waals surface area contributed by atoms with Crippen molar-refractivity contribution in [2.24, 2.45) is 7.05 Å². The lowest BCUT2D eigenvalue weighted by atomic mass is 10.0. The van der Waals surface area contributed by atoms with Gasteiger partial charge >= 0.3 is 0 Å². The second kappa shape index (κ2) is 4.92. The van der Waals surface area contributed by atoms with Crippen molar-refractivity contribution in [3.05, 3.63) is 50.6 Å². The molecule has 2 aromatic heterocycles. The first-order valence-corrected chi connectivity index (χ1v) is 7.29. The Morgan fingerprint density at radius 2 is 2.00 bits per heavy atom. The molecule has 104 valence electrons. The summed E-state index contributed by atoms with van der Waals surface area (Å²) in [5.41, 5.74) is 0.908. The number of nitrogens with zero attached hydrogens (tertiary/aromatic N) is 2. The van der Waals surface area contributed by atoms with Crippen molar-refractivity contribution < 1.29 is 5.11 Å². The second-order valence-corrected chi connectivity index (χ2v) is 5.83. The summed E-state index contributed by atoms with van der Waals surface area (Å²) in [7, 11) is 1.59. The van der Waals surface area contributed by atoms with Crippen LogP contribution in [-0.4, -0.2) is 9.67 Å². The summed E-state index contributed by atoms with van der Waals surface area (Å²) in [5, 5.41) is 22.4. The Hall–Kier alpha value is -2.29. The molecule has 1 N–H and O–H groups in total. The van der Waals surface area contributed by atoms with Crippen LogP contribution in [0.4, 0.5) is 0 Å². The van der Waals surface area contributed by atoms with E-state index >= 15 is 0 Å². The summed E-state index contributed by atoms with van der Waals surface area (Å²) in [4.78, 5) is 12.6. The smallest absolute Gasteiger partial charge is 0.273 e. The van der Waals surface area contributed by atoms with Gasteiger partial charge in [-0.15, -0.1) is 11.3 Å². The lowest BCUT2D eigenvalue weighted by molar-refractivity contribution is 0.478. The Morgan fingerprint density at radius 3 is 2.62 bits per heavy atom. The highest BCUT2D eigenvalue weighted by Gasteiger charge is 2.19. The minimum Gasteiger partial charge on any atom is -0.506 e.